The molecule has 8 heteroatoms. The van der Waals surface area contributed by atoms with Gasteiger partial charge in [-0.15, -0.1) is 0 Å². The average Bonchev–Trinajstić information content (AvgIpc) is 3.11. The van der Waals surface area contributed by atoms with E-state index in [1.165, 1.54) is 21.7 Å². The highest BCUT2D eigenvalue weighted by Gasteiger charge is 2.22. The van der Waals surface area contributed by atoms with E-state index in [2.05, 4.69) is 41.0 Å². The Hall–Kier alpha value is -2.71. The van der Waals surface area contributed by atoms with Gasteiger partial charge in [0.15, 0.2) is 11.2 Å². The van der Waals surface area contributed by atoms with Crippen LogP contribution in [0, 0.1) is 0 Å². The van der Waals surface area contributed by atoms with Gasteiger partial charge in [-0.1, -0.05) is 37.3 Å². The highest BCUT2D eigenvalue weighted by molar-refractivity contribution is 5.71. The van der Waals surface area contributed by atoms with Gasteiger partial charge in [0.25, 0.3) is 5.56 Å². The Balaban J connectivity index is 1.54. The van der Waals surface area contributed by atoms with E-state index in [1.54, 1.807) is 7.05 Å². The number of aromatic nitrogens is 4. The van der Waals surface area contributed by atoms with Gasteiger partial charge in [0.2, 0.25) is 0 Å². The summed E-state index contributed by atoms with van der Waals surface area (Å²) < 4.78 is 4.65. The second-order valence-electron chi connectivity index (χ2n) is 8.10. The van der Waals surface area contributed by atoms with Crippen molar-refractivity contribution in [2.75, 3.05) is 26.2 Å². The quantitative estimate of drug-likeness (QED) is 0.610. The summed E-state index contributed by atoms with van der Waals surface area (Å²) in [5, 5.41) is 0. The topological polar surface area (TPSA) is 68.3 Å². The molecule has 1 fully saturated rings. The van der Waals surface area contributed by atoms with Gasteiger partial charge in [0.05, 0.1) is 6.54 Å². The number of aryl methyl sites for hydroxylation is 2. The van der Waals surface area contributed by atoms with E-state index in [0.717, 1.165) is 45.0 Å². The zero-order valence-corrected chi connectivity index (χ0v) is 18.0. The summed E-state index contributed by atoms with van der Waals surface area (Å²) in [5.74, 6) is 0.863. The number of imidazole rings is 1. The zero-order chi connectivity index (χ0) is 21.3. The first-order chi connectivity index (χ1) is 14.5. The van der Waals surface area contributed by atoms with Gasteiger partial charge < -0.3 is 4.57 Å². The van der Waals surface area contributed by atoms with Crippen LogP contribution in [0.5, 0.6) is 0 Å². The minimum Gasteiger partial charge on any atom is -0.321 e. The van der Waals surface area contributed by atoms with Gasteiger partial charge in [-0.2, -0.15) is 0 Å². The molecule has 0 aliphatic carbocycles. The molecule has 3 heterocycles. The Bertz CT molecular complexity index is 1140. The maximum absolute atomic E-state index is 12.8. The molecule has 0 bridgehead atoms. The van der Waals surface area contributed by atoms with Crippen LogP contribution in [0.25, 0.3) is 11.2 Å². The summed E-state index contributed by atoms with van der Waals surface area (Å²) in [4.78, 5) is 34.7. The molecule has 1 aliphatic rings. The predicted octanol–water partition coefficient (Wildman–Crippen LogP) is 1.16. The lowest BCUT2D eigenvalue weighted by Crippen LogP contribution is -2.45. The van der Waals surface area contributed by atoms with Crippen molar-refractivity contribution in [1.82, 2.24) is 28.5 Å². The standard InChI is InChI=1S/C22H30N6O2/c1-4-10-28-18(23-20-19(28)21(29)25(3)22(30)24(20)2)16-27-13-11-26(12-14-27)15-17-8-6-5-7-9-17/h5-9H,4,10-16H2,1-3H3. The lowest BCUT2D eigenvalue weighted by Gasteiger charge is -2.34. The Morgan fingerprint density at radius 3 is 2.17 bits per heavy atom. The zero-order valence-electron chi connectivity index (χ0n) is 18.0. The third-order valence-corrected chi connectivity index (χ3v) is 5.95. The van der Waals surface area contributed by atoms with Crippen molar-refractivity contribution in [2.24, 2.45) is 14.1 Å². The van der Waals surface area contributed by atoms with Crippen LogP contribution in [0.2, 0.25) is 0 Å². The molecule has 0 saturated carbocycles. The van der Waals surface area contributed by atoms with Gasteiger partial charge >= 0.3 is 5.69 Å². The maximum Gasteiger partial charge on any atom is 0.332 e. The number of rotatable bonds is 6. The molecule has 0 amide bonds. The fraction of sp³-hybridized carbons (Fsp3) is 0.500. The summed E-state index contributed by atoms with van der Waals surface area (Å²) >= 11 is 0. The van der Waals surface area contributed by atoms with Crippen LogP contribution in [-0.4, -0.2) is 54.7 Å². The Kier molecular flexibility index (Phi) is 5.87. The van der Waals surface area contributed by atoms with Gasteiger partial charge in [0, 0.05) is 53.4 Å². The highest BCUT2D eigenvalue weighted by atomic mass is 16.2. The number of benzene rings is 1. The minimum atomic E-state index is -0.338. The van der Waals surface area contributed by atoms with Crippen molar-refractivity contribution in [1.29, 1.82) is 0 Å². The molecule has 0 radical (unpaired) electrons. The molecular formula is C22H30N6O2. The summed E-state index contributed by atoms with van der Waals surface area (Å²) in [6.45, 7) is 8.38. The van der Waals surface area contributed by atoms with E-state index in [1.807, 2.05) is 10.6 Å². The molecule has 0 atom stereocenters. The fourth-order valence-electron chi connectivity index (χ4n) is 4.22. The van der Waals surface area contributed by atoms with Gasteiger partial charge in [0.1, 0.15) is 5.82 Å². The summed E-state index contributed by atoms with van der Waals surface area (Å²) in [7, 11) is 3.21. The Morgan fingerprint density at radius 1 is 0.900 bits per heavy atom. The van der Waals surface area contributed by atoms with Crippen LogP contribution in [-0.2, 0) is 33.7 Å². The first-order valence-corrected chi connectivity index (χ1v) is 10.6. The summed E-state index contributed by atoms with van der Waals surface area (Å²) in [5.41, 5.74) is 1.74. The van der Waals surface area contributed by atoms with Gasteiger partial charge in [-0.3, -0.25) is 23.7 Å². The Morgan fingerprint density at radius 2 is 1.53 bits per heavy atom. The molecule has 30 heavy (non-hydrogen) atoms. The molecule has 8 nitrogen and oxygen atoms in total. The molecule has 1 aromatic carbocycles. The van der Waals surface area contributed by atoms with Crippen LogP contribution < -0.4 is 11.2 Å². The van der Waals surface area contributed by atoms with Crippen LogP contribution in [0.15, 0.2) is 39.9 Å². The normalized spacial score (nSPS) is 15.8. The Labute approximate surface area is 176 Å². The molecule has 3 aromatic rings. The average molecular weight is 411 g/mol. The van der Waals surface area contributed by atoms with E-state index >= 15 is 0 Å². The molecule has 1 aliphatic heterocycles. The van der Waals surface area contributed by atoms with E-state index in [-0.39, 0.29) is 11.2 Å². The fourth-order valence-corrected chi connectivity index (χ4v) is 4.22. The number of piperazine rings is 1. The molecular weight excluding hydrogens is 380 g/mol. The van der Waals surface area contributed by atoms with Gasteiger partial charge in [-0.25, -0.2) is 9.78 Å². The second kappa shape index (κ2) is 8.57. The number of hydrogen-bond acceptors (Lipinski definition) is 5. The number of hydrogen-bond donors (Lipinski definition) is 0. The van der Waals surface area contributed by atoms with Crippen molar-refractivity contribution in [2.45, 2.75) is 33.0 Å². The van der Waals surface area contributed by atoms with E-state index in [9.17, 15) is 9.59 Å². The molecule has 0 N–H and O–H groups in total. The lowest BCUT2D eigenvalue weighted by atomic mass is 10.2. The maximum atomic E-state index is 12.8. The predicted molar refractivity (Wildman–Crippen MR) is 118 cm³/mol. The van der Waals surface area contributed by atoms with E-state index in [4.69, 9.17) is 4.98 Å². The molecule has 0 spiro atoms. The minimum absolute atomic E-state index is 0.270. The monoisotopic (exact) mass is 410 g/mol. The third kappa shape index (κ3) is 3.85. The van der Waals surface area contributed by atoms with Crippen molar-refractivity contribution in [3.05, 3.63) is 62.6 Å². The molecule has 160 valence electrons. The smallest absolute Gasteiger partial charge is 0.321 e. The van der Waals surface area contributed by atoms with Crippen molar-refractivity contribution in [3.63, 3.8) is 0 Å². The molecule has 0 unspecified atom stereocenters. The lowest BCUT2D eigenvalue weighted by molar-refractivity contribution is 0.119. The van der Waals surface area contributed by atoms with Gasteiger partial charge in [-0.05, 0) is 12.0 Å². The molecule has 4 rings (SSSR count). The molecule has 2 aromatic heterocycles. The van der Waals surface area contributed by atoms with E-state index < -0.39 is 0 Å². The van der Waals surface area contributed by atoms with Crippen LogP contribution in [0.4, 0.5) is 0 Å². The van der Waals surface area contributed by atoms with Crippen LogP contribution in [0.3, 0.4) is 0 Å². The summed E-state index contributed by atoms with van der Waals surface area (Å²) in [6, 6.07) is 10.6. The van der Waals surface area contributed by atoms with E-state index in [0.29, 0.717) is 24.3 Å². The second-order valence-corrected chi connectivity index (χ2v) is 8.10. The summed E-state index contributed by atoms with van der Waals surface area (Å²) in [6.07, 6.45) is 0.898. The largest absolute Gasteiger partial charge is 0.332 e. The van der Waals surface area contributed by atoms with Crippen LogP contribution >= 0.6 is 0 Å². The molecule has 1 saturated heterocycles. The third-order valence-electron chi connectivity index (χ3n) is 5.95. The van der Waals surface area contributed by atoms with Crippen molar-refractivity contribution >= 4 is 11.2 Å². The van der Waals surface area contributed by atoms with Crippen LogP contribution in [0.1, 0.15) is 24.7 Å². The first-order valence-electron chi connectivity index (χ1n) is 10.6. The number of fused-ring (bicyclic) bond motifs is 1. The van der Waals surface area contributed by atoms with Crippen molar-refractivity contribution in [3.8, 4) is 0 Å². The SMILES string of the molecule is CCCn1c(CN2CCN(Cc3ccccc3)CC2)nc2c1c(=O)n(C)c(=O)n2C. The highest BCUT2D eigenvalue weighted by Crippen LogP contribution is 2.16. The first kappa shape index (κ1) is 20.6. The van der Waals surface area contributed by atoms with Crippen molar-refractivity contribution < 1.29 is 0 Å². The number of nitrogens with zero attached hydrogens (tertiary/aromatic N) is 6.